The molecule has 1 saturated heterocycles. The monoisotopic (exact) mass is 290 g/mol. The average Bonchev–Trinajstić information content (AvgIpc) is 2.97. The third-order valence-electron chi connectivity index (χ3n) is 3.38. The first-order valence-corrected chi connectivity index (χ1v) is 6.92. The number of hydrogen-bond donors (Lipinski definition) is 2. The van der Waals surface area contributed by atoms with E-state index in [1.165, 1.54) is 0 Å². The van der Waals surface area contributed by atoms with Gasteiger partial charge in [0.25, 0.3) is 5.91 Å². The molecule has 1 aliphatic heterocycles. The van der Waals surface area contributed by atoms with Gasteiger partial charge in [-0.1, -0.05) is 11.6 Å². The second-order valence-corrected chi connectivity index (χ2v) is 5.10. The predicted molar refractivity (Wildman–Crippen MR) is 77.8 cm³/mol. The van der Waals surface area contributed by atoms with E-state index in [0.717, 1.165) is 37.3 Å². The zero-order chi connectivity index (χ0) is 13.9. The third kappa shape index (κ3) is 2.69. The van der Waals surface area contributed by atoms with Gasteiger partial charge in [-0.25, -0.2) is 4.98 Å². The number of carbonyl (C=O) groups is 1. The second kappa shape index (κ2) is 5.64. The van der Waals surface area contributed by atoms with Gasteiger partial charge >= 0.3 is 0 Å². The standard InChI is InChI=1S/C14H15ClN4O/c15-13-8-10(1-2-17-13)11-7-12(18-9-11)14(20)19-5-3-16-4-6-19/h1-2,7-9,16,18H,3-6H2. The normalized spacial score (nSPS) is 15.3. The van der Waals surface area contributed by atoms with Gasteiger partial charge in [0.2, 0.25) is 0 Å². The molecule has 20 heavy (non-hydrogen) atoms. The van der Waals surface area contributed by atoms with Crippen LogP contribution in [0.15, 0.2) is 30.6 Å². The molecule has 0 atom stereocenters. The largest absolute Gasteiger partial charge is 0.357 e. The molecule has 0 radical (unpaired) electrons. The van der Waals surface area contributed by atoms with E-state index in [1.54, 1.807) is 12.3 Å². The number of rotatable bonds is 2. The lowest BCUT2D eigenvalue weighted by Crippen LogP contribution is -2.46. The summed E-state index contributed by atoms with van der Waals surface area (Å²) in [7, 11) is 0. The average molecular weight is 291 g/mol. The van der Waals surface area contributed by atoms with Crippen molar-refractivity contribution in [1.29, 1.82) is 0 Å². The van der Waals surface area contributed by atoms with E-state index in [1.807, 2.05) is 23.2 Å². The lowest BCUT2D eigenvalue weighted by molar-refractivity contribution is 0.0730. The van der Waals surface area contributed by atoms with Crippen LogP contribution in [0.3, 0.4) is 0 Å². The Morgan fingerprint density at radius 3 is 2.80 bits per heavy atom. The number of nitrogens with one attached hydrogen (secondary N) is 2. The van der Waals surface area contributed by atoms with Crippen molar-refractivity contribution >= 4 is 17.5 Å². The molecule has 1 amide bonds. The van der Waals surface area contributed by atoms with Crippen LogP contribution in [0.2, 0.25) is 5.15 Å². The van der Waals surface area contributed by atoms with E-state index in [9.17, 15) is 4.79 Å². The smallest absolute Gasteiger partial charge is 0.270 e. The minimum Gasteiger partial charge on any atom is -0.357 e. The fourth-order valence-corrected chi connectivity index (χ4v) is 2.48. The van der Waals surface area contributed by atoms with Gasteiger partial charge in [-0.15, -0.1) is 0 Å². The van der Waals surface area contributed by atoms with Gasteiger partial charge < -0.3 is 15.2 Å². The maximum absolute atomic E-state index is 12.3. The molecule has 0 bridgehead atoms. The topological polar surface area (TPSA) is 61.0 Å². The molecule has 0 aliphatic carbocycles. The number of nitrogens with zero attached hydrogens (tertiary/aromatic N) is 2. The second-order valence-electron chi connectivity index (χ2n) is 4.71. The maximum Gasteiger partial charge on any atom is 0.270 e. The van der Waals surface area contributed by atoms with Crippen molar-refractivity contribution in [3.8, 4) is 11.1 Å². The van der Waals surface area contributed by atoms with Crippen molar-refractivity contribution in [2.24, 2.45) is 0 Å². The highest BCUT2D eigenvalue weighted by molar-refractivity contribution is 6.29. The Balaban J connectivity index is 1.81. The minimum atomic E-state index is 0.0397. The molecule has 1 fully saturated rings. The number of aromatic nitrogens is 2. The lowest BCUT2D eigenvalue weighted by atomic mass is 10.1. The van der Waals surface area contributed by atoms with E-state index in [-0.39, 0.29) is 5.91 Å². The van der Waals surface area contributed by atoms with Crippen molar-refractivity contribution < 1.29 is 4.79 Å². The van der Waals surface area contributed by atoms with Crippen LogP contribution in [0.5, 0.6) is 0 Å². The Kier molecular flexibility index (Phi) is 3.71. The number of piperazine rings is 1. The van der Waals surface area contributed by atoms with Crippen LogP contribution < -0.4 is 5.32 Å². The van der Waals surface area contributed by atoms with Crippen LogP contribution >= 0.6 is 11.6 Å². The van der Waals surface area contributed by atoms with Crippen LogP contribution in [0, 0.1) is 0 Å². The highest BCUT2D eigenvalue weighted by Gasteiger charge is 2.19. The summed E-state index contributed by atoms with van der Waals surface area (Å²) in [6, 6.07) is 5.51. The van der Waals surface area contributed by atoms with Gasteiger partial charge in [0, 0.05) is 44.1 Å². The highest BCUT2D eigenvalue weighted by Crippen LogP contribution is 2.22. The summed E-state index contributed by atoms with van der Waals surface area (Å²) in [5.41, 5.74) is 2.49. The SMILES string of the molecule is O=C(c1cc(-c2ccnc(Cl)c2)c[nH]1)N1CCNCC1. The summed E-state index contributed by atoms with van der Waals surface area (Å²) in [6.45, 7) is 3.18. The first kappa shape index (κ1) is 13.1. The van der Waals surface area contributed by atoms with Gasteiger partial charge in [0.05, 0.1) is 0 Å². The van der Waals surface area contributed by atoms with Crippen molar-refractivity contribution in [2.75, 3.05) is 26.2 Å². The molecule has 0 unspecified atom stereocenters. The summed E-state index contributed by atoms with van der Waals surface area (Å²) < 4.78 is 0. The number of halogens is 1. The van der Waals surface area contributed by atoms with Crippen molar-refractivity contribution in [3.05, 3.63) is 41.4 Å². The number of amides is 1. The number of carbonyl (C=O) groups excluding carboxylic acids is 1. The summed E-state index contributed by atoms with van der Waals surface area (Å²) in [5.74, 6) is 0.0397. The zero-order valence-electron chi connectivity index (χ0n) is 10.9. The van der Waals surface area contributed by atoms with E-state index in [0.29, 0.717) is 10.8 Å². The Morgan fingerprint density at radius 2 is 2.05 bits per heavy atom. The summed E-state index contributed by atoms with van der Waals surface area (Å²) in [6.07, 6.45) is 3.48. The number of hydrogen-bond acceptors (Lipinski definition) is 3. The molecular weight excluding hydrogens is 276 g/mol. The number of H-pyrrole nitrogens is 1. The van der Waals surface area contributed by atoms with E-state index in [4.69, 9.17) is 11.6 Å². The predicted octanol–water partition coefficient (Wildman–Crippen LogP) is 1.78. The van der Waals surface area contributed by atoms with E-state index >= 15 is 0 Å². The van der Waals surface area contributed by atoms with Crippen LogP contribution in [-0.2, 0) is 0 Å². The molecule has 104 valence electrons. The molecule has 2 aromatic heterocycles. The minimum absolute atomic E-state index is 0.0397. The molecule has 0 saturated carbocycles. The fraction of sp³-hybridized carbons (Fsp3) is 0.286. The Labute approximate surface area is 122 Å². The highest BCUT2D eigenvalue weighted by atomic mass is 35.5. The molecule has 5 nitrogen and oxygen atoms in total. The molecule has 1 aliphatic rings. The van der Waals surface area contributed by atoms with Crippen LogP contribution in [0.4, 0.5) is 0 Å². The summed E-state index contributed by atoms with van der Waals surface area (Å²) in [5, 5.41) is 3.68. The van der Waals surface area contributed by atoms with Crippen molar-refractivity contribution in [3.63, 3.8) is 0 Å². The number of aromatic amines is 1. The molecule has 0 aromatic carbocycles. The van der Waals surface area contributed by atoms with Crippen LogP contribution in [-0.4, -0.2) is 47.0 Å². The Hall–Kier alpha value is -1.85. The first-order valence-electron chi connectivity index (χ1n) is 6.54. The van der Waals surface area contributed by atoms with Gasteiger partial charge in [-0.3, -0.25) is 4.79 Å². The maximum atomic E-state index is 12.3. The molecular formula is C14H15ClN4O. The molecule has 6 heteroatoms. The molecule has 3 rings (SSSR count). The molecule has 0 spiro atoms. The van der Waals surface area contributed by atoms with E-state index in [2.05, 4.69) is 15.3 Å². The zero-order valence-corrected chi connectivity index (χ0v) is 11.7. The summed E-state index contributed by atoms with van der Waals surface area (Å²) >= 11 is 5.88. The summed E-state index contributed by atoms with van der Waals surface area (Å²) in [4.78, 5) is 21.2. The third-order valence-corrected chi connectivity index (χ3v) is 3.58. The van der Waals surface area contributed by atoms with Gasteiger partial charge in [0.1, 0.15) is 10.8 Å². The van der Waals surface area contributed by atoms with Gasteiger partial charge in [-0.2, -0.15) is 0 Å². The molecule has 2 N–H and O–H groups in total. The lowest BCUT2D eigenvalue weighted by Gasteiger charge is -2.26. The quantitative estimate of drug-likeness (QED) is 0.829. The molecule has 2 aromatic rings. The van der Waals surface area contributed by atoms with Crippen LogP contribution in [0.25, 0.3) is 11.1 Å². The van der Waals surface area contributed by atoms with E-state index < -0.39 is 0 Å². The van der Waals surface area contributed by atoms with Crippen LogP contribution in [0.1, 0.15) is 10.5 Å². The first-order chi connectivity index (χ1) is 9.74. The number of pyridine rings is 1. The molecule has 3 heterocycles. The fourth-order valence-electron chi connectivity index (χ4n) is 2.30. The van der Waals surface area contributed by atoms with Gasteiger partial charge in [-0.05, 0) is 23.8 Å². The van der Waals surface area contributed by atoms with Gasteiger partial charge in [0.15, 0.2) is 0 Å². The van der Waals surface area contributed by atoms with Crippen molar-refractivity contribution in [2.45, 2.75) is 0 Å². The Morgan fingerprint density at radius 1 is 1.25 bits per heavy atom. The Bertz CT molecular complexity index is 619. The van der Waals surface area contributed by atoms with Crippen molar-refractivity contribution in [1.82, 2.24) is 20.2 Å².